The SMILES string of the molecule is c1cnc2c(c1)[nH]c1oc3cccnc3c12. The Morgan fingerprint density at radius 2 is 1.81 bits per heavy atom. The van der Waals surface area contributed by atoms with E-state index in [0.717, 1.165) is 33.2 Å². The van der Waals surface area contributed by atoms with Gasteiger partial charge in [-0.2, -0.15) is 0 Å². The highest BCUT2D eigenvalue weighted by Gasteiger charge is 2.13. The maximum Gasteiger partial charge on any atom is 0.209 e. The molecule has 16 heavy (non-hydrogen) atoms. The van der Waals surface area contributed by atoms with Crippen molar-refractivity contribution in [3.63, 3.8) is 0 Å². The molecule has 0 aromatic carbocycles. The van der Waals surface area contributed by atoms with Crippen molar-refractivity contribution in [2.45, 2.75) is 0 Å². The molecule has 0 saturated heterocycles. The molecular weight excluding hydrogens is 202 g/mol. The van der Waals surface area contributed by atoms with Crippen LogP contribution in [0.1, 0.15) is 0 Å². The summed E-state index contributed by atoms with van der Waals surface area (Å²) < 4.78 is 5.68. The second-order valence-corrected chi connectivity index (χ2v) is 3.68. The lowest BCUT2D eigenvalue weighted by molar-refractivity contribution is 0.656. The summed E-state index contributed by atoms with van der Waals surface area (Å²) in [7, 11) is 0. The summed E-state index contributed by atoms with van der Waals surface area (Å²) in [4.78, 5) is 11.9. The number of hydrogen-bond donors (Lipinski definition) is 1. The van der Waals surface area contributed by atoms with E-state index in [9.17, 15) is 0 Å². The van der Waals surface area contributed by atoms with E-state index in [1.165, 1.54) is 0 Å². The van der Waals surface area contributed by atoms with Crippen molar-refractivity contribution in [1.29, 1.82) is 0 Å². The number of pyridine rings is 2. The molecule has 4 aromatic rings. The number of fused-ring (bicyclic) bond motifs is 5. The first-order valence-corrected chi connectivity index (χ1v) is 5.03. The summed E-state index contributed by atoms with van der Waals surface area (Å²) in [5, 5.41) is 0.964. The number of nitrogens with one attached hydrogen (secondary N) is 1. The molecule has 4 heterocycles. The predicted molar refractivity (Wildman–Crippen MR) is 61.2 cm³/mol. The largest absolute Gasteiger partial charge is 0.438 e. The van der Waals surface area contributed by atoms with Crippen molar-refractivity contribution < 1.29 is 4.42 Å². The lowest BCUT2D eigenvalue weighted by atomic mass is 10.3. The van der Waals surface area contributed by atoms with Gasteiger partial charge in [0.1, 0.15) is 11.0 Å². The summed E-state index contributed by atoms with van der Waals surface area (Å²) in [5.41, 5.74) is 4.28. The molecule has 0 aliphatic rings. The molecule has 4 nitrogen and oxygen atoms in total. The highest BCUT2D eigenvalue weighted by atomic mass is 16.3. The zero-order chi connectivity index (χ0) is 10.5. The molecule has 0 aliphatic carbocycles. The number of nitrogens with zero attached hydrogens (tertiary/aromatic N) is 2. The van der Waals surface area contributed by atoms with Crippen LogP contribution in [0, 0.1) is 0 Å². The summed E-state index contributed by atoms with van der Waals surface area (Å²) in [6.07, 6.45) is 3.54. The van der Waals surface area contributed by atoms with Gasteiger partial charge in [0, 0.05) is 12.4 Å². The average molecular weight is 209 g/mol. The molecule has 0 saturated carbocycles. The van der Waals surface area contributed by atoms with E-state index in [4.69, 9.17) is 4.42 Å². The minimum absolute atomic E-state index is 0.738. The molecular formula is C12H7N3O. The van der Waals surface area contributed by atoms with Crippen molar-refractivity contribution in [3.8, 4) is 0 Å². The lowest BCUT2D eigenvalue weighted by Crippen LogP contribution is -1.74. The van der Waals surface area contributed by atoms with Gasteiger partial charge >= 0.3 is 0 Å². The molecule has 0 spiro atoms. The van der Waals surface area contributed by atoms with Gasteiger partial charge in [-0.25, -0.2) is 0 Å². The Hall–Kier alpha value is -2.36. The van der Waals surface area contributed by atoms with E-state index < -0.39 is 0 Å². The smallest absolute Gasteiger partial charge is 0.209 e. The van der Waals surface area contributed by atoms with Crippen LogP contribution in [-0.4, -0.2) is 15.0 Å². The Bertz CT molecular complexity index is 747. The maximum atomic E-state index is 5.68. The first kappa shape index (κ1) is 7.87. The average Bonchev–Trinajstić information content (AvgIpc) is 2.83. The summed E-state index contributed by atoms with van der Waals surface area (Å²) >= 11 is 0. The number of hydrogen-bond acceptors (Lipinski definition) is 3. The van der Waals surface area contributed by atoms with Crippen LogP contribution in [0.2, 0.25) is 0 Å². The van der Waals surface area contributed by atoms with Gasteiger partial charge in [-0.1, -0.05) is 0 Å². The summed E-state index contributed by atoms with van der Waals surface area (Å²) in [6, 6.07) is 7.64. The van der Waals surface area contributed by atoms with Crippen molar-refractivity contribution >= 4 is 33.2 Å². The van der Waals surface area contributed by atoms with E-state index in [-0.39, 0.29) is 0 Å². The van der Waals surface area contributed by atoms with Crippen molar-refractivity contribution in [3.05, 3.63) is 36.7 Å². The topological polar surface area (TPSA) is 54.7 Å². The third-order valence-electron chi connectivity index (χ3n) is 2.74. The van der Waals surface area contributed by atoms with Gasteiger partial charge in [-0.05, 0) is 24.3 Å². The lowest BCUT2D eigenvalue weighted by Gasteiger charge is -1.88. The molecule has 0 radical (unpaired) electrons. The monoisotopic (exact) mass is 209 g/mol. The number of aromatic nitrogens is 3. The van der Waals surface area contributed by atoms with Crippen molar-refractivity contribution in [1.82, 2.24) is 15.0 Å². The minimum atomic E-state index is 0.738. The molecule has 76 valence electrons. The maximum absolute atomic E-state index is 5.68. The summed E-state index contributed by atoms with van der Waals surface area (Å²) in [5.74, 6) is 0. The van der Waals surface area contributed by atoms with Crippen LogP contribution in [0.4, 0.5) is 0 Å². The Morgan fingerprint density at radius 1 is 1.00 bits per heavy atom. The van der Waals surface area contributed by atoms with Gasteiger partial charge in [0.05, 0.1) is 10.9 Å². The predicted octanol–water partition coefficient (Wildman–Crippen LogP) is 2.86. The summed E-state index contributed by atoms with van der Waals surface area (Å²) in [6.45, 7) is 0. The van der Waals surface area contributed by atoms with Gasteiger partial charge in [-0.3, -0.25) is 9.97 Å². The molecule has 0 aliphatic heterocycles. The van der Waals surface area contributed by atoms with E-state index in [1.807, 2.05) is 24.3 Å². The second-order valence-electron chi connectivity index (χ2n) is 3.68. The van der Waals surface area contributed by atoms with E-state index >= 15 is 0 Å². The van der Waals surface area contributed by atoms with E-state index in [0.29, 0.717) is 0 Å². The van der Waals surface area contributed by atoms with Crippen LogP contribution in [-0.2, 0) is 0 Å². The molecule has 0 atom stereocenters. The van der Waals surface area contributed by atoms with Crippen LogP contribution in [0.5, 0.6) is 0 Å². The molecule has 1 N–H and O–H groups in total. The number of H-pyrrole nitrogens is 1. The zero-order valence-corrected chi connectivity index (χ0v) is 8.27. The van der Waals surface area contributed by atoms with Gasteiger partial charge in [0.25, 0.3) is 0 Å². The van der Waals surface area contributed by atoms with Crippen LogP contribution >= 0.6 is 0 Å². The Labute approximate surface area is 89.9 Å². The van der Waals surface area contributed by atoms with Crippen LogP contribution in [0.15, 0.2) is 41.1 Å². The number of furan rings is 1. The molecule has 0 amide bonds. The third kappa shape index (κ3) is 0.839. The minimum Gasteiger partial charge on any atom is -0.438 e. The molecule has 4 rings (SSSR count). The molecule has 4 aromatic heterocycles. The highest BCUT2D eigenvalue weighted by molar-refractivity contribution is 6.15. The van der Waals surface area contributed by atoms with E-state index in [1.54, 1.807) is 12.4 Å². The Balaban J connectivity index is 2.38. The standard InChI is InChI=1S/C12H7N3O/c1-3-7-10(13-5-1)9-11-8(4-2-6-14-11)16-12(9)15-7/h1-6,15H. The van der Waals surface area contributed by atoms with Gasteiger partial charge in [-0.15, -0.1) is 0 Å². The molecule has 0 fully saturated rings. The Morgan fingerprint density at radius 3 is 2.75 bits per heavy atom. The third-order valence-corrected chi connectivity index (χ3v) is 2.74. The Kier molecular flexibility index (Phi) is 1.28. The molecule has 0 bridgehead atoms. The number of aromatic amines is 1. The van der Waals surface area contributed by atoms with E-state index in [2.05, 4.69) is 15.0 Å². The highest BCUT2D eigenvalue weighted by Crippen LogP contribution is 2.31. The van der Waals surface area contributed by atoms with Gasteiger partial charge < -0.3 is 9.40 Å². The van der Waals surface area contributed by atoms with Crippen molar-refractivity contribution in [2.24, 2.45) is 0 Å². The number of rotatable bonds is 0. The zero-order valence-electron chi connectivity index (χ0n) is 8.27. The first-order valence-electron chi connectivity index (χ1n) is 5.03. The second kappa shape index (κ2) is 2.61. The van der Waals surface area contributed by atoms with Crippen LogP contribution in [0.25, 0.3) is 33.2 Å². The van der Waals surface area contributed by atoms with Crippen LogP contribution in [0.3, 0.4) is 0 Å². The fraction of sp³-hybridized carbons (Fsp3) is 0. The van der Waals surface area contributed by atoms with Gasteiger partial charge in [0.15, 0.2) is 5.58 Å². The molecule has 4 heteroatoms. The quantitative estimate of drug-likeness (QED) is 0.484. The van der Waals surface area contributed by atoms with Crippen LogP contribution < -0.4 is 0 Å². The fourth-order valence-corrected chi connectivity index (χ4v) is 2.06. The molecule has 0 unspecified atom stereocenters. The van der Waals surface area contributed by atoms with Gasteiger partial charge in [0.2, 0.25) is 5.71 Å². The van der Waals surface area contributed by atoms with Crippen molar-refractivity contribution in [2.75, 3.05) is 0 Å². The normalized spacial score (nSPS) is 11.8. The first-order chi connectivity index (χ1) is 7.93. The fourth-order valence-electron chi connectivity index (χ4n) is 2.06.